The van der Waals surface area contributed by atoms with Crippen molar-refractivity contribution in [3.05, 3.63) is 70.0 Å². The third-order valence-corrected chi connectivity index (χ3v) is 9.32. The van der Waals surface area contributed by atoms with E-state index in [1.54, 1.807) is 18.3 Å². The van der Waals surface area contributed by atoms with E-state index in [0.717, 1.165) is 16.8 Å². The maximum atomic E-state index is 13.6. The second kappa shape index (κ2) is 13.4. The number of aliphatic carboxylic acids is 1. The Morgan fingerprint density at radius 2 is 1.93 bits per heavy atom. The lowest BCUT2D eigenvalue weighted by Gasteiger charge is -2.33. The number of carboxylic acids is 1. The zero-order chi connectivity index (χ0) is 30.7. The van der Waals surface area contributed by atoms with E-state index in [4.69, 9.17) is 21.4 Å². The average molecular weight is 607 g/mol. The Bertz CT molecular complexity index is 1440. The van der Waals surface area contributed by atoms with Crippen molar-refractivity contribution in [1.82, 2.24) is 9.88 Å². The number of phenols is 1. The maximum absolute atomic E-state index is 13.6. The van der Waals surface area contributed by atoms with Crippen LogP contribution in [0.25, 0.3) is 11.6 Å². The Kier molecular flexibility index (Phi) is 9.67. The number of benzene rings is 1. The number of ether oxygens (including phenoxy) is 1. The van der Waals surface area contributed by atoms with Crippen molar-refractivity contribution in [2.24, 2.45) is 23.7 Å². The molecule has 0 bridgehead atoms. The van der Waals surface area contributed by atoms with Crippen LogP contribution in [0, 0.1) is 23.7 Å². The molecule has 0 unspecified atom stereocenters. The molecule has 0 radical (unpaired) electrons. The molecule has 2 fully saturated rings. The summed E-state index contributed by atoms with van der Waals surface area (Å²) in [5.41, 5.74) is 5.01. The van der Waals surface area contributed by atoms with Gasteiger partial charge in [-0.15, -0.1) is 0 Å². The smallest absolute Gasteiger partial charge is 0.303 e. The molecule has 0 saturated carbocycles. The third-order valence-electron chi connectivity index (χ3n) is 8.99. The highest BCUT2D eigenvalue weighted by molar-refractivity contribution is 6.32. The van der Waals surface area contributed by atoms with Gasteiger partial charge in [0.1, 0.15) is 5.75 Å². The lowest BCUT2D eigenvalue weighted by Crippen LogP contribution is -2.35. The van der Waals surface area contributed by atoms with Crippen LogP contribution in [0.4, 0.5) is 0 Å². The number of unbranched alkanes of at least 4 members (excludes halogenated alkanes) is 2. The van der Waals surface area contributed by atoms with Crippen LogP contribution in [0.15, 0.2) is 53.7 Å². The summed E-state index contributed by atoms with van der Waals surface area (Å²) < 4.78 is 6.42. The van der Waals surface area contributed by atoms with Crippen LogP contribution in [0.1, 0.15) is 70.1 Å². The van der Waals surface area contributed by atoms with Crippen LogP contribution < -0.4 is 0 Å². The first-order valence-electron chi connectivity index (χ1n) is 15.2. The van der Waals surface area contributed by atoms with E-state index in [2.05, 4.69) is 18.8 Å². The molecule has 0 spiro atoms. The quantitative estimate of drug-likeness (QED) is 0.164. The highest BCUT2D eigenvalue weighted by Crippen LogP contribution is 2.51. The molecule has 4 atom stereocenters. The number of halogens is 1. The summed E-state index contributed by atoms with van der Waals surface area (Å²) in [4.78, 5) is 43.9. The topological polar surface area (TPSA) is 117 Å². The first-order valence-corrected chi connectivity index (χ1v) is 15.6. The minimum absolute atomic E-state index is 0.0954. The summed E-state index contributed by atoms with van der Waals surface area (Å²) in [6, 6.07) is 10.7. The van der Waals surface area contributed by atoms with Crippen LogP contribution in [0.2, 0.25) is 5.02 Å². The van der Waals surface area contributed by atoms with E-state index in [1.165, 1.54) is 22.1 Å². The van der Waals surface area contributed by atoms with Gasteiger partial charge < -0.3 is 14.9 Å². The number of hydrogen-bond donors (Lipinski definition) is 2. The van der Waals surface area contributed by atoms with Gasteiger partial charge in [0, 0.05) is 25.1 Å². The molecular formula is C34H39ClN2O6. The molecule has 3 heterocycles. The van der Waals surface area contributed by atoms with E-state index in [0.29, 0.717) is 56.7 Å². The minimum Gasteiger partial charge on any atom is -0.508 e. The van der Waals surface area contributed by atoms with Gasteiger partial charge >= 0.3 is 5.97 Å². The molecule has 2 amide bonds. The van der Waals surface area contributed by atoms with Crippen LogP contribution in [-0.2, 0) is 19.1 Å². The molecule has 2 N–H and O–H groups in total. The number of carboxylic acid groups (broad SMARTS) is 1. The number of carbonyl (C=O) groups is 3. The summed E-state index contributed by atoms with van der Waals surface area (Å²) >= 11 is 6.44. The van der Waals surface area contributed by atoms with Crippen molar-refractivity contribution >= 4 is 41.0 Å². The molecule has 5 rings (SSSR count). The molecule has 3 aliphatic rings. The van der Waals surface area contributed by atoms with E-state index in [-0.39, 0.29) is 47.8 Å². The van der Waals surface area contributed by atoms with Gasteiger partial charge in [0.2, 0.25) is 11.8 Å². The predicted octanol–water partition coefficient (Wildman–Crippen LogP) is 6.38. The number of fused-ring (bicyclic) bond motifs is 3. The second-order valence-corrected chi connectivity index (χ2v) is 12.5. The van der Waals surface area contributed by atoms with Gasteiger partial charge in [-0.3, -0.25) is 24.3 Å². The van der Waals surface area contributed by atoms with Crippen molar-refractivity contribution < 1.29 is 29.3 Å². The van der Waals surface area contributed by atoms with Crippen molar-refractivity contribution in [2.75, 3.05) is 13.2 Å². The van der Waals surface area contributed by atoms with E-state index in [9.17, 15) is 19.5 Å². The average Bonchev–Trinajstić information content (AvgIpc) is 3.50. The Labute approximate surface area is 257 Å². The van der Waals surface area contributed by atoms with Gasteiger partial charge in [0.25, 0.3) is 0 Å². The lowest BCUT2D eigenvalue weighted by molar-refractivity contribution is -0.141. The molecule has 8 nitrogen and oxygen atoms in total. The molecule has 2 aromatic rings. The summed E-state index contributed by atoms with van der Waals surface area (Å²) in [6.07, 6.45) is 7.40. The summed E-state index contributed by atoms with van der Waals surface area (Å²) in [5, 5.41) is 19.1. The number of allylic oxidation sites excluding steroid dienone is 2. The van der Waals surface area contributed by atoms with Gasteiger partial charge in [-0.2, -0.15) is 0 Å². The van der Waals surface area contributed by atoms with Gasteiger partial charge in [0.15, 0.2) is 0 Å². The monoisotopic (exact) mass is 606 g/mol. The Hall–Kier alpha value is -3.49. The van der Waals surface area contributed by atoms with Gasteiger partial charge in [-0.05, 0) is 91.1 Å². The fraction of sp³-hybridized carbons (Fsp3) is 0.471. The number of amides is 2. The van der Waals surface area contributed by atoms with Crippen LogP contribution in [-0.4, -0.2) is 57.1 Å². The SMILES string of the molecule is CC(C)C1=C2[C@@H](CC/C(=C/c3ccc(O)cc3Cl)c3ccccn3)OC[C@@H]2[C@@H]2C(=O)N(CCCCCC(=O)O)C(=O)[C@@H]2C1. The fourth-order valence-electron chi connectivity index (χ4n) is 6.90. The summed E-state index contributed by atoms with van der Waals surface area (Å²) in [5.74, 6) is -1.61. The van der Waals surface area contributed by atoms with Gasteiger partial charge in [-0.25, -0.2) is 0 Å². The number of phenolic OH excluding ortho intramolecular Hbond substituents is 1. The van der Waals surface area contributed by atoms with Crippen molar-refractivity contribution in [3.63, 3.8) is 0 Å². The van der Waals surface area contributed by atoms with Crippen LogP contribution >= 0.6 is 11.6 Å². The van der Waals surface area contributed by atoms with Crippen molar-refractivity contribution in [3.8, 4) is 5.75 Å². The molecule has 1 aromatic heterocycles. The lowest BCUT2D eigenvalue weighted by atomic mass is 9.67. The third kappa shape index (κ3) is 6.70. The van der Waals surface area contributed by atoms with E-state index >= 15 is 0 Å². The standard InChI is InChI=1S/C34H39ClN2O6/c1-20(2)24-18-25-32(34(42)37(33(25)41)15-7-3-4-9-30(39)40)26-19-43-29(31(24)26)13-11-22(28-8-5-6-14-36-28)16-21-10-12-23(38)17-27(21)35/h5-6,8,10,12,14,16-17,20,25-26,29,32,38H,3-4,7,9,11,13,15,18-19H2,1-2H3,(H,39,40)/b22-16-/t25-,26+,29-,32-/m1/s1. The summed E-state index contributed by atoms with van der Waals surface area (Å²) in [7, 11) is 0. The molecule has 2 aliphatic heterocycles. The number of likely N-dealkylation sites (tertiary alicyclic amines) is 1. The second-order valence-electron chi connectivity index (χ2n) is 12.1. The number of aromatic nitrogens is 1. The molecule has 1 aromatic carbocycles. The molecule has 43 heavy (non-hydrogen) atoms. The Morgan fingerprint density at radius 1 is 1.12 bits per heavy atom. The van der Waals surface area contributed by atoms with Crippen LogP contribution in [0.3, 0.4) is 0 Å². The highest BCUT2D eigenvalue weighted by atomic mass is 35.5. The molecule has 2 saturated heterocycles. The van der Waals surface area contributed by atoms with E-state index in [1.807, 2.05) is 24.3 Å². The van der Waals surface area contributed by atoms with Crippen molar-refractivity contribution in [1.29, 1.82) is 0 Å². The summed E-state index contributed by atoms with van der Waals surface area (Å²) in [6.45, 7) is 5.03. The first-order chi connectivity index (χ1) is 20.7. The fourth-order valence-corrected chi connectivity index (χ4v) is 7.13. The minimum atomic E-state index is -0.832. The predicted molar refractivity (Wildman–Crippen MR) is 164 cm³/mol. The zero-order valence-electron chi connectivity index (χ0n) is 24.7. The number of nitrogens with zero attached hydrogens (tertiary/aromatic N) is 2. The molecule has 1 aliphatic carbocycles. The molecule has 9 heteroatoms. The number of imide groups is 1. The van der Waals surface area contributed by atoms with Crippen LogP contribution in [0.5, 0.6) is 5.75 Å². The number of hydrogen-bond acceptors (Lipinski definition) is 6. The number of rotatable bonds is 12. The number of carbonyl (C=O) groups excluding carboxylic acids is 2. The Morgan fingerprint density at radius 3 is 2.63 bits per heavy atom. The largest absolute Gasteiger partial charge is 0.508 e. The van der Waals surface area contributed by atoms with Crippen molar-refractivity contribution in [2.45, 2.75) is 64.9 Å². The van der Waals surface area contributed by atoms with Gasteiger partial charge in [0.05, 0.1) is 35.3 Å². The molecular weight excluding hydrogens is 568 g/mol. The van der Waals surface area contributed by atoms with E-state index < -0.39 is 11.9 Å². The number of aromatic hydroxyl groups is 1. The zero-order valence-corrected chi connectivity index (χ0v) is 25.4. The van der Waals surface area contributed by atoms with Gasteiger partial charge in [-0.1, -0.05) is 43.5 Å². The Balaban J connectivity index is 1.35. The number of pyridine rings is 1. The maximum Gasteiger partial charge on any atom is 0.303 e. The highest BCUT2D eigenvalue weighted by Gasteiger charge is 2.56. The first kappa shape index (κ1) is 31.0. The normalized spacial score (nSPS) is 23.7. The molecule has 228 valence electrons.